The molecule has 7 nitrogen and oxygen atoms in total. The van der Waals surface area contributed by atoms with Crippen molar-refractivity contribution in [2.24, 2.45) is 0 Å². The number of aryl methyl sites for hydroxylation is 1. The average molecular weight is 592 g/mol. The molecule has 1 unspecified atom stereocenters. The zero-order valence-electron chi connectivity index (χ0n) is 25.9. The molecular weight excluding hydrogens is 550 g/mol. The zero-order chi connectivity index (χ0) is 31.1. The van der Waals surface area contributed by atoms with Crippen LogP contribution in [0, 0.1) is 6.92 Å². The Balaban J connectivity index is 1.26. The van der Waals surface area contributed by atoms with E-state index in [1.807, 2.05) is 85.5 Å². The van der Waals surface area contributed by atoms with Gasteiger partial charge in [-0.25, -0.2) is 4.79 Å². The van der Waals surface area contributed by atoms with Crippen molar-refractivity contribution in [3.8, 4) is 0 Å². The zero-order valence-corrected chi connectivity index (χ0v) is 25.9. The number of rotatable bonds is 9. The number of carbonyl (C=O) groups is 3. The Hall–Kier alpha value is -4.49. The maximum absolute atomic E-state index is 13.5. The maximum Gasteiger partial charge on any atom is 0.336 e. The Kier molecular flexibility index (Phi) is 10.1. The molecule has 2 aliphatic heterocycles. The number of esters is 1. The number of allylic oxidation sites excluding steroid dienone is 1. The van der Waals surface area contributed by atoms with Crippen molar-refractivity contribution < 1.29 is 19.1 Å². The molecule has 1 saturated heterocycles. The van der Waals surface area contributed by atoms with Gasteiger partial charge in [0, 0.05) is 56.3 Å². The minimum atomic E-state index is -0.397. The third-order valence-corrected chi connectivity index (χ3v) is 8.45. The van der Waals surface area contributed by atoms with E-state index in [1.54, 1.807) is 11.8 Å². The van der Waals surface area contributed by atoms with Crippen LogP contribution in [0.4, 0.5) is 0 Å². The summed E-state index contributed by atoms with van der Waals surface area (Å²) in [6.07, 6.45) is 4.48. The van der Waals surface area contributed by atoms with Crippen molar-refractivity contribution >= 4 is 23.9 Å². The van der Waals surface area contributed by atoms with Crippen molar-refractivity contribution in [3.05, 3.63) is 124 Å². The van der Waals surface area contributed by atoms with E-state index in [-0.39, 0.29) is 37.3 Å². The maximum atomic E-state index is 13.5. The molecule has 1 fully saturated rings. The number of benzene rings is 3. The molecule has 3 aromatic carbocycles. The second-order valence-corrected chi connectivity index (χ2v) is 11.5. The molecule has 2 amide bonds. The minimum absolute atomic E-state index is 0.00444. The second kappa shape index (κ2) is 14.3. The molecule has 5 rings (SSSR count). The monoisotopic (exact) mass is 591 g/mol. The molecule has 44 heavy (non-hydrogen) atoms. The van der Waals surface area contributed by atoms with Gasteiger partial charge in [0.1, 0.15) is 0 Å². The predicted molar refractivity (Wildman–Crippen MR) is 173 cm³/mol. The summed E-state index contributed by atoms with van der Waals surface area (Å²) in [5, 5.41) is 0. The fourth-order valence-corrected chi connectivity index (χ4v) is 5.96. The number of piperazine rings is 1. The number of ether oxygens (including phenoxy) is 1. The quantitative estimate of drug-likeness (QED) is 0.294. The van der Waals surface area contributed by atoms with Gasteiger partial charge in [-0.15, -0.1) is 0 Å². The van der Waals surface area contributed by atoms with Crippen LogP contribution in [-0.4, -0.2) is 71.8 Å². The first kappa shape index (κ1) is 31.0. The van der Waals surface area contributed by atoms with Gasteiger partial charge in [0.05, 0.1) is 18.7 Å². The Labute approximate surface area is 260 Å². The highest BCUT2D eigenvalue weighted by atomic mass is 16.5. The van der Waals surface area contributed by atoms with Crippen LogP contribution in [0.25, 0.3) is 6.08 Å². The number of nitrogens with zero attached hydrogens (tertiary/aromatic N) is 3. The summed E-state index contributed by atoms with van der Waals surface area (Å²) < 4.78 is 5.44. The van der Waals surface area contributed by atoms with Gasteiger partial charge in [0.25, 0.3) is 5.91 Å². The lowest BCUT2D eigenvalue weighted by molar-refractivity contribution is -0.140. The Morgan fingerprint density at radius 2 is 1.64 bits per heavy atom. The van der Waals surface area contributed by atoms with Gasteiger partial charge >= 0.3 is 5.97 Å². The van der Waals surface area contributed by atoms with E-state index in [4.69, 9.17) is 4.74 Å². The fraction of sp³-hybridized carbons (Fsp3) is 0.324. The second-order valence-electron chi connectivity index (χ2n) is 11.5. The van der Waals surface area contributed by atoms with Crippen LogP contribution in [0.1, 0.15) is 58.8 Å². The first-order valence-corrected chi connectivity index (χ1v) is 15.4. The highest BCUT2D eigenvalue weighted by molar-refractivity contribution is 5.96. The van der Waals surface area contributed by atoms with E-state index in [0.717, 1.165) is 36.3 Å². The van der Waals surface area contributed by atoms with Crippen molar-refractivity contribution in [1.29, 1.82) is 0 Å². The lowest BCUT2D eigenvalue weighted by Crippen LogP contribution is -2.48. The average Bonchev–Trinajstić information content (AvgIpc) is 3.04. The summed E-state index contributed by atoms with van der Waals surface area (Å²) in [4.78, 5) is 46.0. The number of hydrogen-bond donors (Lipinski definition) is 0. The molecule has 0 spiro atoms. The summed E-state index contributed by atoms with van der Waals surface area (Å²) in [6.45, 7) is 9.95. The van der Waals surface area contributed by atoms with E-state index >= 15 is 0 Å². The third-order valence-electron chi connectivity index (χ3n) is 8.45. The Bertz CT molecular complexity index is 1540. The van der Waals surface area contributed by atoms with E-state index in [1.165, 1.54) is 5.56 Å². The highest BCUT2D eigenvalue weighted by Crippen LogP contribution is 2.38. The lowest BCUT2D eigenvalue weighted by atomic mass is 9.83. The number of hydrogen-bond acceptors (Lipinski definition) is 5. The fourth-order valence-electron chi connectivity index (χ4n) is 5.96. The summed E-state index contributed by atoms with van der Waals surface area (Å²) in [7, 11) is 0. The van der Waals surface area contributed by atoms with E-state index in [0.29, 0.717) is 29.9 Å². The summed E-state index contributed by atoms with van der Waals surface area (Å²) in [6, 6.07) is 25.7. The molecule has 0 bridgehead atoms. The lowest BCUT2D eigenvalue weighted by Gasteiger charge is -2.35. The van der Waals surface area contributed by atoms with E-state index < -0.39 is 5.97 Å². The molecule has 0 aliphatic carbocycles. The molecule has 0 aromatic heterocycles. The van der Waals surface area contributed by atoms with Crippen LogP contribution in [0.5, 0.6) is 0 Å². The minimum Gasteiger partial charge on any atom is -0.463 e. The van der Waals surface area contributed by atoms with Gasteiger partial charge in [-0.3, -0.25) is 14.5 Å². The summed E-state index contributed by atoms with van der Waals surface area (Å²) in [5.41, 5.74) is 5.77. The van der Waals surface area contributed by atoms with Gasteiger partial charge in [-0.2, -0.15) is 0 Å². The van der Waals surface area contributed by atoms with Gasteiger partial charge in [0.2, 0.25) is 5.91 Å². The topological polar surface area (TPSA) is 70.2 Å². The normalized spacial score (nSPS) is 17.8. The molecule has 2 heterocycles. The molecule has 7 heteroatoms. The van der Waals surface area contributed by atoms with Gasteiger partial charge in [-0.05, 0) is 49.6 Å². The van der Waals surface area contributed by atoms with Gasteiger partial charge in [0.15, 0.2) is 0 Å². The first-order chi connectivity index (χ1) is 21.3. The van der Waals surface area contributed by atoms with Gasteiger partial charge < -0.3 is 14.5 Å². The third kappa shape index (κ3) is 7.34. The van der Waals surface area contributed by atoms with E-state index in [9.17, 15) is 14.4 Å². The molecule has 228 valence electrons. The van der Waals surface area contributed by atoms with Gasteiger partial charge in [-0.1, -0.05) is 84.4 Å². The Morgan fingerprint density at radius 1 is 0.909 bits per heavy atom. The standard InChI is InChI=1S/C37H41N3O4/c1-4-44-37(43)35-28(3)40(34(41)25-33(35)31-17-15-27(2)16-18-31)26-30-12-8-14-32(24-30)36(42)39-22-20-38(21-23-39)19-9-13-29-10-6-5-7-11-29/h5-18,24,33H,4,19-23,25-26H2,1-3H3. The smallest absolute Gasteiger partial charge is 0.336 e. The van der Waals surface area contributed by atoms with Crippen LogP contribution < -0.4 is 0 Å². The van der Waals surface area contributed by atoms with Crippen LogP contribution >= 0.6 is 0 Å². The van der Waals surface area contributed by atoms with Crippen molar-refractivity contribution in [2.45, 2.75) is 39.7 Å². The number of carbonyl (C=O) groups excluding carboxylic acids is 3. The number of amides is 2. The SMILES string of the molecule is CCOC(=O)C1=C(C)N(Cc2cccc(C(=O)N3CCN(CC=Cc4ccccc4)CC3)c2)C(=O)CC1c1ccc(C)cc1. The molecular formula is C37H41N3O4. The molecule has 0 N–H and O–H groups in total. The molecule has 0 saturated carbocycles. The Morgan fingerprint density at radius 3 is 2.34 bits per heavy atom. The molecule has 0 radical (unpaired) electrons. The van der Waals surface area contributed by atoms with Crippen LogP contribution in [0.3, 0.4) is 0 Å². The van der Waals surface area contributed by atoms with Crippen LogP contribution in [0.2, 0.25) is 0 Å². The van der Waals surface area contributed by atoms with E-state index in [2.05, 4.69) is 29.2 Å². The molecule has 2 aliphatic rings. The summed E-state index contributed by atoms with van der Waals surface area (Å²) >= 11 is 0. The van der Waals surface area contributed by atoms with Crippen molar-refractivity contribution in [2.75, 3.05) is 39.3 Å². The van der Waals surface area contributed by atoms with Crippen LogP contribution in [0.15, 0.2) is 96.2 Å². The molecule has 3 aromatic rings. The van der Waals surface area contributed by atoms with Crippen molar-refractivity contribution in [1.82, 2.24) is 14.7 Å². The predicted octanol–water partition coefficient (Wildman–Crippen LogP) is 5.82. The first-order valence-electron chi connectivity index (χ1n) is 15.4. The van der Waals surface area contributed by atoms with Crippen molar-refractivity contribution in [3.63, 3.8) is 0 Å². The highest BCUT2D eigenvalue weighted by Gasteiger charge is 2.37. The summed E-state index contributed by atoms with van der Waals surface area (Å²) in [5.74, 6) is -0.823. The van der Waals surface area contributed by atoms with Crippen LogP contribution in [-0.2, 0) is 20.9 Å². The molecule has 1 atom stereocenters. The largest absolute Gasteiger partial charge is 0.463 e.